The quantitative estimate of drug-likeness (QED) is 0.278. The number of para-hydroxylation sites is 1. The van der Waals surface area contributed by atoms with Crippen molar-refractivity contribution in [3.63, 3.8) is 0 Å². The second-order valence-corrected chi connectivity index (χ2v) is 10.7. The number of nitrogens with one attached hydrogen (secondary N) is 3. The molecule has 0 aromatic heterocycles. The topological polar surface area (TPSA) is 104 Å². The van der Waals surface area contributed by atoms with Crippen molar-refractivity contribution in [3.8, 4) is 0 Å². The lowest BCUT2D eigenvalue weighted by Gasteiger charge is -2.15. The van der Waals surface area contributed by atoms with Gasteiger partial charge in [0.05, 0.1) is 21.8 Å². The predicted molar refractivity (Wildman–Crippen MR) is 150 cm³/mol. The molecular formula is C30H29N3O4S. The first kappa shape index (κ1) is 26.6. The second kappa shape index (κ2) is 11.3. The molecule has 4 aromatic rings. The van der Waals surface area contributed by atoms with E-state index in [0.717, 1.165) is 16.7 Å². The molecule has 4 aromatic carbocycles. The van der Waals surface area contributed by atoms with Crippen LogP contribution in [0.2, 0.25) is 0 Å². The van der Waals surface area contributed by atoms with Crippen LogP contribution in [-0.4, -0.2) is 20.2 Å². The Morgan fingerprint density at radius 3 is 2.16 bits per heavy atom. The molecule has 0 aliphatic rings. The number of amides is 2. The standard InChI is InChI=1S/C30H29N3O4S/c1-20-10-9-15-26(22(20)3)33-38(36,37)28-18-24(17-16-21(28)2)29(34)32-27-14-8-7-13-25(27)30(35)31-19-23-11-5-4-6-12-23/h4-18,33H,19H2,1-3H3,(H,31,35)(H,32,34). The summed E-state index contributed by atoms with van der Waals surface area (Å²) in [4.78, 5) is 26.0. The fourth-order valence-corrected chi connectivity index (χ4v) is 5.34. The Kier molecular flexibility index (Phi) is 7.93. The summed E-state index contributed by atoms with van der Waals surface area (Å²) >= 11 is 0. The third-order valence-corrected chi connectivity index (χ3v) is 7.81. The van der Waals surface area contributed by atoms with E-state index in [4.69, 9.17) is 0 Å². The average Bonchev–Trinajstić information content (AvgIpc) is 2.91. The smallest absolute Gasteiger partial charge is 0.262 e. The number of hydrogen-bond acceptors (Lipinski definition) is 4. The van der Waals surface area contributed by atoms with Crippen molar-refractivity contribution < 1.29 is 18.0 Å². The number of hydrogen-bond donors (Lipinski definition) is 3. The highest BCUT2D eigenvalue weighted by atomic mass is 32.2. The molecule has 0 heterocycles. The van der Waals surface area contributed by atoms with Crippen molar-refractivity contribution in [3.05, 3.63) is 124 Å². The highest BCUT2D eigenvalue weighted by Gasteiger charge is 2.21. The van der Waals surface area contributed by atoms with Gasteiger partial charge in [-0.15, -0.1) is 0 Å². The molecule has 194 valence electrons. The minimum absolute atomic E-state index is 0.0000505. The van der Waals surface area contributed by atoms with E-state index in [-0.39, 0.29) is 16.4 Å². The lowest BCUT2D eigenvalue weighted by atomic mass is 10.1. The fourth-order valence-electron chi connectivity index (χ4n) is 3.95. The number of sulfonamides is 1. The first-order valence-corrected chi connectivity index (χ1v) is 13.6. The molecule has 0 saturated heterocycles. The largest absolute Gasteiger partial charge is 0.348 e. The lowest BCUT2D eigenvalue weighted by Crippen LogP contribution is -2.25. The molecule has 0 unspecified atom stereocenters. The minimum atomic E-state index is -3.96. The van der Waals surface area contributed by atoms with Crippen LogP contribution < -0.4 is 15.4 Å². The van der Waals surface area contributed by atoms with Crippen LogP contribution in [-0.2, 0) is 16.6 Å². The summed E-state index contributed by atoms with van der Waals surface area (Å²) < 4.78 is 29.2. The van der Waals surface area contributed by atoms with E-state index in [2.05, 4.69) is 15.4 Å². The number of carbonyl (C=O) groups is 2. The van der Waals surface area contributed by atoms with E-state index in [1.165, 1.54) is 6.07 Å². The van der Waals surface area contributed by atoms with Crippen LogP contribution in [0.1, 0.15) is 43.0 Å². The van der Waals surface area contributed by atoms with Gasteiger partial charge >= 0.3 is 0 Å². The molecule has 0 spiro atoms. The van der Waals surface area contributed by atoms with Gasteiger partial charge in [0.25, 0.3) is 21.8 Å². The van der Waals surface area contributed by atoms with Crippen LogP contribution in [0.5, 0.6) is 0 Å². The van der Waals surface area contributed by atoms with E-state index in [1.54, 1.807) is 55.5 Å². The Hall–Kier alpha value is -4.43. The van der Waals surface area contributed by atoms with Gasteiger partial charge in [0.2, 0.25) is 0 Å². The Balaban J connectivity index is 1.54. The van der Waals surface area contributed by atoms with Crippen LogP contribution in [0.15, 0.2) is 95.9 Å². The summed E-state index contributed by atoms with van der Waals surface area (Å²) in [5, 5.41) is 5.61. The summed E-state index contributed by atoms with van der Waals surface area (Å²) in [6, 6.07) is 26.0. The molecule has 7 nitrogen and oxygen atoms in total. The Morgan fingerprint density at radius 2 is 1.39 bits per heavy atom. The van der Waals surface area contributed by atoms with Crippen LogP contribution in [0.4, 0.5) is 11.4 Å². The summed E-state index contributed by atoms with van der Waals surface area (Å²) in [7, 11) is -3.96. The number of benzene rings is 4. The van der Waals surface area contributed by atoms with Crippen LogP contribution >= 0.6 is 0 Å². The van der Waals surface area contributed by atoms with Crippen molar-refractivity contribution in [1.82, 2.24) is 5.32 Å². The molecule has 0 bridgehead atoms. The molecule has 0 radical (unpaired) electrons. The maximum absolute atomic E-state index is 13.3. The van der Waals surface area contributed by atoms with Gasteiger partial charge in [0.1, 0.15) is 0 Å². The summed E-state index contributed by atoms with van der Waals surface area (Å²) in [6.45, 7) is 5.76. The SMILES string of the molecule is Cc1ccc(C(=O)Nc2ccccc2C(=O)NCc2ccccc2)cc1S(=O)(=O)Nc1cccc(C)c1C. The summed E-state index contributed by atoms with van der Waals surface area (Å²) in [5.41, 5.74) is 4.48. The van der Waals surface area contributed by atoms with Crippen molar-refractivity contribution in [2.45, 2.75) is 32.2 Å². The number of aryl methyl sites for hydroxylation is 2. The molecule has 0 aliphatic carbocycles. The predicted octanol–water partition coefficient (Wildman–Crippen LogP) is 5.59. The molecule has 8 heteroatoms. The third kappa shape index (κ3) is 6.10. The average molecular weight is 528 g/mol. The highest BCUT2D eigenvalue weighted by molar-refractivity contribution is 7.92. The lowest BCUT2D eigenvalue weighted by molar-refractivity contribution is 0.0951. The summed E-state index contributed by atoms with van der Waals surface area (Å²) in [5.74, 6) is -0.869. The number of rotatable bonds is 8. The molecule has 0 fully saturated rings. The Labute approximate surface area is 223 Å². The zero-order valence-corrected chi connectivity index (χ0v) is 22.2. The molecule has 3 N–H and O–H groups in total. The van der Waals surface area contributed by atoms with Crippen molar-refractivity contribution in [1.29, 1.82) is 0 Å². The van der Waals surface area contributed by atoms with Gasteiger partial charge in [0.15, 0.2) is 0 Å². The molecule has 4 rings (SSSR count). The first-order chi connectivity index (χ1) is 18.2. The van der Waals surface area contributed by atoms with Gasteiger partial charge in [-0.3, -0.25) is 14.3 Å². The maximum atomic E-state index is 13.3. The van der Waals surface area contributed by atoms with E-state index >= 15 is 0 Å². The zero-order chi connectivity index (χ0) is 27.3. The molecule has 0 atom stereocenters. The monoisotopic (exact) mass is 527 g/mol. The highest BCUT2D eigenvalue weighted by Crippen LogP contribution is 2.25. The Bertz CT molecular complexity index is 1600. The van der Waals surface area contributed by atoms with E-state index < -0.39 is 15.9 Å². The van der Waals surface area contributed by atoms with Gasteiger partial charge in [-0.2, -0.15) is 0 Å². The number of anilines is 2. The zero-order valence-electron chi connectivity index (χ0n) is 21.4. The van der Waals surface area contributed by atoms with Gasteiger partial charge in [-0.1, -0.05) is 60.7 Å². The van der Waals surface area contributed by atoms with Gasteiger partial charge in [-0.05, 0) is 73.4 Å². The molecule has 38 heavy (non-hydrogen) atoms. The second-order valence-electron chi connectivity index (χ2n) is 9.00. The Morgan fingerprint density at radius 1 is 0.711 bits per heavy atom. The molecular weight excluding hydrogens is 498 g/mol. The van der Waals surface area contributed by atoms with Crippen LogP contribution in [0.25, 0.3) is 0 Å². The van der Waals surface area contributed by atoms with Gasteiger partial charge in [-0.25, -0.2) is 8.42 Å². The van der Waals surface area contributed by atoms with Crippen LogP contribution in [0.3, 0.4) is 0 Å². The van der Waals surface area contributed by atoms with Crippen molar-refractivity contribution in [2.24, 2.45) is 0 Å². The minimum Gasteiger partial charge on any atom is -0.348 e. The summed E-state index contributed by atoms with van der Waals surface area (Å²) in [6.07, 6.45) is 0. The fraction of sp³-hybridized carbons (Fsp3) is 0.133. The van der Waals surface area contributed by atoms with Crippen molar-refractivity contribution in [2.75, 3.05) is 10.0 Å². The molecule has 0 aliphatic heterocycles. The normalized spacial score (nSPS) is 11.0. The van der Waals surface area contributed by atoms with Gasteiger partial charge in [0, 0.05) is 12.1 Å². The molecule has 2 amide bonds. The first-order valence-electron chi connectivity index (χ1n) is 12.1. The molecule has 0 saturated carbocycles. The van der Waals surface area contributed by atoms with Crippen LogP contribution in [0, 0.1) is 20.8 Å². The number of carbonyl (C=O) groups excluding carboxylic acids is 2. The van der Waals surface area contributed by atoms with E-state index in [1.807, 2.05) is 50.2 Å². The van der Waals surface area contributed by atoms with Crippen molar-refractivity contribution >= 4 is 33.2 Å². The van der Waals surface area contributed by atoms with E-state index in [9.17, 15) is 18.0 Å². The van der Waals surface area contributed by atoms with Gasteiger partial charge < -0.3 is 10.6 Å². The van der Waals surface area contributed by atoms with E-state index in [0.29, 0.717) is 29.0 Å². The third-order valence-electron chi connectivity index (χ3n) is 6.30. The maximum Gasteiger partial charge on any atom is 0.262 e.